The Morgan fingerprint density at radius 3 is 2.22 bits per heavy atom. The Morgan fingerprint density at radius 1 is 0.889 bits per heavy atom. The Labute approximate surface area is 173 Å². The van der Waals surface area contributed by atoms with Crippen LogP contribution < -0.4 is 5.32 Å². The molecule has 0 aliphatic carbocycles. The van der Waals surface area contributed by atoms with Gasteiger partial charge in [-0.2, -0.15) is 0 Å². The predicted molar refractivity (Wildman–Crippen MR) is 115 cm³/mol. The molecular formula is C22H17Cl2NOS. The van der Waals surface area contributed by atoms with E-state index >= 15 is 0 Å². The molecule has 2 nitrogen and oxygen atoms in total. The highest BCUT2D eigenvalue weighted by atomic mass is 35.5. The van der Waals surface area contributed by atoms with Gasteiger partial charge in [0.2, 0.25) is 0 Å². The van der Waals surface area contributed by atoms with Crippen LogP contribution in [0.1, 0.15) is 17.3 Å². The van der Waals surface area contributed by atoms with E-state index in [0.29, 0.717) is 15.6 Å². The van der Waals surface area contributed by atoms with E-state index in [9.17, 15) is 4.79 Å². The van der Waals surface area contributed by atoms with Gasteiger partial charge in [0.25, 0.3) is 0 Å². The number of benzene rings is 3. The van der Waals surface area contributed by atoms with E-state index in [0.717, 1.165) is 21.2 Å². The molecule has 5 heteroatoms. The molecule has 0 bridgehead atoms. The minimum Gasteiger partial charge on any atom is -0.358 e. The van der Waals surface area contributed by atoms with Gasteiger partial charge in [-0.25, -0.2) is 0 Å². The fraction of sp³-hybridized carbons (Fsp3) is 0.0455. The van der Waals surface area contributed by atoms with Gasteiger partial charge in [-0.05, 0) is 31.2 Å². The van der Waals surface area contributed by atoms with E-state index in [1.807, 2.05) is 67.6 Å². The van der Waals surface area contributed by atoms with Crippen LogP contribution in [0.5, 0.6) is 0 Å². The zero-order valence-electron chi connectivity index (χ0n) is 14.6. The lowest BCUT2D eigenvalue weighted by molar-refractivity contribution is 0.104. The first-order valence-corrected chi connectivity index (χ1v) is 9.87. The van der Waals surface area contributed by atoms with Crippen LogP contribution in [-0.2, 0) is 0 Å². The summed E-state index contributed by atoms with van der Waals surface area (Å²) >= 11 is 14.1. The van der Waals surface area contributed by atoms with Gasteiger partial charge in [0.15, 0.2) is 5.78 Å². The fourth-order valence-corrected chi connectivity index (χ4v) is 4.04. The van der Waals surface area contributed by atoms with Crippen LogP contribution in [-0.4, -0.2) is 5.78 Å². The van der Waals surface area contributed by atoms with Crippen molar-refractivity contribution in [1.82, 2.24) is 0 Å². The Kier molecular flexibility index (Phi) is 6.62. The van der Waals surface area contributed by atoms with Crippen molar-refractivity contribution in [3.63, 3.8) is 0 Å². The lowest BCUT2D eigenvalue weighted by Gasteiger charge is -2.13. The Hall–Kier alpha value is -2.20. The lowest BCUT2D eigenvalue weighted by atomic mass is 10.1. The van der Waals surface area contributed by atoms with Crippen molar-refractivity contribution in [3.05, 3.63) is 100 Å². The molecule has 0 atom stereocenters. The van der Waals surface area contributed by atoms with Crippen molar-refractivity contribution in [3.8, 4) is 0 Å². The lowest BCUT2D eigenvalue weighted by Crippen LogP contribution is -2.02. The van der Waals surface area contributed by atoms with E-state index < -0.39 is 0 Å². The van der Waals surface area contributed by atoms with Crippen LogP contribution in [0.25, 0.3) is 0 Å². The largest absolute Gasteiger partial charge is 0.358 e. The average Bonchev–Trinajstić information content (AvgIpc) is 2.66. The van der Waals surface area contributed by atoms with Gasteiger partial charge in [-0.1, -0.05) is 83.5 Å². The van der Waals surface area contributed by atoms with Crippen molar-refractivity contribution in [1.29, 1.82) is 0 Å². The van der Waals surface area contributed by atoms with Gasteiger partial charge in [-0.15, -0.1) is 0 Å². The van der Waals surface area contributed by atoms with E-state index in [1.54, 1.807) is 18.2 Å². The highest BCUT2D eigenvalue weighted by Crippen LogP contribution is 2.41. The van der Waals surface area contributed by atoms with Crippen molar-refractivity contribution in [2.75, 3.05) is 5.32 Å². The first-order valence-electron chi connectivity index (χ1n) is 8.30. The molecule has 0 aliphatic rings. The maximum Gasteiger partial charge on any atom is 0.187 e. The second-order valence-electron chi connectivity index (χ2n) is 5.83. The molecule has 0 amide bonds. The molecular weight excluding hydrogens is 397 g/mol. The number of carbonyl (C=O) groups excluding carboxylic acids is 1. The molecule has 3 aromatic rings. The summed E-state index contributed by atoms with van der Waals surface area (Å²) < 4.78 is 0. The highest BCUT2D eigenvalue weighted by molar-refractivity contribution is 7.99. The molecule has 0 heterocycles. The van der Waals surface area contributed by atoms with E-state index in [2.05, 4.69) is 5.32 Å². The Balaban J connectivity index is 1.82. The number of para-hydroxylation sites is 1. The van der Waals surface area contributed by atoms with Crippen molar-refractivity contribution in [2.45, 2.75) is 16.7 Å². The fourth-order valence-electron chi connectivity index (χ4n) is 2.48. The van der Waals surface area contributed by atoms with E-state index in [1.165, 1.54) is 11.8 Å². The minimum absolute atomic E-state index is 0.0418. The molecule has 27 heavy (non-hydrogen) atoms. The quantitative estimate of drug-likeness (QED) is 0.338. The van der Waals surface area contributed by atoms with Crippen LogP contribution in [0.2, 0.25) is 10.0 Å². The topological polar surface area (TPSA) is 29.1 Å². The second-order valence-corrected chi connectivity index (χ2v) is 7.70. The number of hydrogen-bond donors (Lipinski definition) is 1. The summed E-state index contributed by atoms with van der Waals surface area (Å²) in [6, 6.07) is 22.5. The molecule has 3 rings (SSSR count). The minimum atomic E-state index is -0.0418. The van der Waals surface area contributed by atoms with Crippen molar-refractivity contribution in [2.24, 2.45) is 0 Å². The third-order valence-corrected chi connectivity index (χ3v) is 5.83. The number of rotatable bonds is 6. The van der Waals surface area contributed by atoms with Gasteiger partial charge < -0.3 is 5.32 Å². The first-order chi connectivity index (χ1) is 13.0. The SMILES string of the molecule is CC(=CC(=O)c1ccccc1)Nc1ccccc1Sc1c(Cl)cccc1Cl. The summed E-state index contributed by atoms with van der Waals surface area (Å²) in [4.78, 5) is 14.1. The van der Waals surface area contributed by atoms with Gasteiger partial charge in [-0.3, -0.25) is 4.79 Å². The maximum atomic E-state index is 12.4. The number of nitrogens with one attached hydrogen (secondary N) is 1. The van der Waals surface area contributed by atoms with Crippen LogP contribution >= 0.6 is 35.0 Å². The van der Waals surface area contributed by atoms with Crippen LogP contribution in [0.15, 0.2) is 94.4 Å². The summed E-state index contributed by atoms with van der Waals surface area (Å²) in [7, 11) is 0. The number of ketones is 1. The predicted octanol–water partition coefficient (Wildman–Crippen LogP) is 7.34. The maximum absolute atomic E-state index is 12.4. The first kappa shape index (κ1) is 19.6. The normalized spacial score (nSPS) is 11.3. The number of hydrogen-bond acceptors (Lipinski definition) is 3. The van der Waals surface area contributed by atoms with Crippen LogP contribution in [0, 0.1) is 0 Å². The van der Waals surface area contributed by atoms with Gasteiger partial charge >= 0.3 is 0 Å². The average molecular weight is 414 g/mol. The zero-order chi connectivity index (χ0) is 19.2. The number of anilines is 1. The molecule has 0 saturated carbocycles. The van der Waals surface area contributed by atoms with E-state index in [-0.39, 0.29) is 5.78 Å². The molecule has 0 spiro atoms. The van der Waals surface area contributed by atoms with Gasteiger partial charge in [0.05, 0.1) is 15.7 Å². The molecule has 0 aromatic heterocycles. The highest BCUT2D eigenvalue weighted by Gasteiger charge is 2.11. The summed E-state index contributed by atoms with van der Waals surface area (Å²) in [5.74, 6) is -0.0418. The van der Waals surface area contributed by atoms with Crippen molar-refractivity contribution >= 4 is 46.4 Å². The third-order valence-electron chi connectivity index (χ3n) is 3.76. The number of allylic oxidation sites excluding steroid dienone is 2. The number of carbonyl (C=O) groups is 1. The summed E-state index contributed by atoms with van der Waals surface area (Å²) in [5.41, 5.74) is 2.29. The van der Waals surface area contributed by atoms with E-state index in [4.69, 9.17) is 23.2 Å². The molecule has 0 radical (unpaired) electrons. The van der Waals surface area contributed by atoms with Crippen molar-refractivity contribution < 1.29 is 4.79 Å². The summed E-state index contributed by atoms with van der Waals surface area (Å²) in [5, 5.41) is 4.51. The molecule has 136 valence electrons. The second kappa shape index (κ2) is 9.14. The molecule has 0 aliphatic heterocycles. The monoisotopic (exact) mass is 413 g/mol. The molecule has 1 N–H and O–H groups in total. The van der Waals surface area contributed by atoms with Crippen LogP contribution in [0.3, 0.4) is 0 Å². The standard InChI is InChI=1S/C22H17Cl2NOS/c1-15(14-20(26)16-8-3-2-4-9-16)25-19-12-5-6-13-21(19)27-22-17(23)10-7-11-18(22)24/h2-14,25H,1H3. The molecule has 3 aromatic carbocycles. The number of halogens is 2. The molecule has 0 fully saturated rings. The molecule has 0 unspecified atom stereocenters. The molecule has 0 saturated heterocycles. The summed E-state index contributed by atoms with van der Waals surface area (Å²) in [6.07, 6.45) is 1.60. The van der Waals surface area contributed by atoms with Crippen LogP contribution in [0.4, 0.5) is 5.69 Å². The third kappa shape index (κ3) is 5.16. The van der Waals surface area contributed by atoms with Gasteiger partial charge in [0.1, 0.15) is 0 Å². The summed E-state index contributed by atoms with van der Waals surface area (Å²) in [6.45, 7) is 1.87. The zero-order valence-corrected chi connectivity index (χ0v) is 16.9. The Morgan fingerprint density at radius 2 is 1.52 bits per heavy atom. The Bertz CT molecular complexity index is 966. The van der Waals surface area contributed by atoms with Gasteiger partial charge in [0, 0.05) is 27.1 Å². The smallest absolute Gasteiger partial charge is 0.187 e.